The Labute approximate surface area is 157 Å². The summed E-state index contributed by atoms with van der Waals surface area (Å²) in [6.45, 7) is 11.8. The van der Waals surface area contributed by atoms with E-state index in [4.69, 9.17) is 14.4 Å². The highest BCUT2D eigenvalue weighted by Gasteiger charge is 2.18. The second kappa shape index (κ2) is 6.96. The van der Waals surface area contributed by atoms with Crippen molar-refractivity contribution in [1.82, 2.24) is 19.9 Å². The summed E-state index contributed by atoms with van der Waals surface area (Å²) >= 11 is 1.74. The van der Waals surface area contributed by atoms with Crippen LogP contribution < -0.4 is 5.32 Å². The Bertz CT molecular complexity index is 920. The number of hydrogen-bond acceptors (Lipinski definition) is 7. The van der Waals surface area contributed by atoms with E-state index in [0.717, 1.165) is 52.9 Å². The zero-order valence-electron chi connectivity index (χ0n) is 15.8. The second-order valence-corrected chi connectivity index (χ2v) is 8.24. The van der Waals surface area contributed by atoms with Crippen molar-refractivity contribution < 1.29 is 4.42 Å². The van der Waals surface area contributed by atoms with Gasteiger partial charge in [0, 0.05) is 4.88 Å². The van der Waals surface area contributed by atoms with Gasteiger partial charge < -0.3 is 9.73 Å². The molecule has 0 amide bonds. The van der Waals surface area contributed by atoms with Gasteiger partial charge in [-0.15, -0.1) is 11.3 Å². The summed E-state index contributed by atoms with van der Waals surface area (Å²) in [4.78, 5) is 18.9. The number of anilines is 1. The van der Waals surface area contributed by atoms with Crippen molar-refractivity contribution >= 4 is 27.4 Å². The monoisotopic (exact) mass is 371 g/mol. The maximum absolute atomic E-state index is 5.70. The van der Waals surface area contributed by atoms with Crippen molar-refractivity contribution in [3.05, 3.63) is 33.6 Å². The number of aryl methyl sites for hydroxylation is 4. The Hall–Kier alpha value is -1.99. The van der Waals surface area contributed by atoms with E-state index in [1.54, 1.807) is 11.3 Å². The number of aromatic nitrogens is 3. The van der Waals surface area contributed by atoms with Crippen LogP contribution in [0.3, 0.4) is 0 Å². The zero-order chi connectivity index (χ0) is 18.3. The molecule has 26 heavy (non-hydrogen) atoms. The molecule has 0 atom stereocenters. The van der Waals surface area contributed by atoms with Crippen molar-refractivity contribution in [2.24, 2.45) is 0 Å². The molecule has 0 radical (unpaired) electrons. The molecule has 4 rings (SSSR count). The first kappa shape index (κ1) is 17.4. The molecule has 1 aliphatic rings. The van der Waals surface area contributed by atoms with Crippen LogP contribution in [-0.4, -0.2) is 32.9 Å². The first-order valence-electron chi connectivity index (χ1n) is 9.17. The largest absolute Gasteiger partial charge is 0.444 e. The van der Waals surface area contributed by atoms with Crippen LogP contribution in [0.2, 0.25) is 0 Å². The highest BCUT2D eigenvalue weighted by Crippen LogP contribution is 2.33. The molecule has 1 saturated heterocycles. The summed E-state index contributed by atoms with van der Waals surface area (Å²) in [5.74, 6) is 3.34. The molecular weight excluding hydrogens is 346 g/mol. The lowest BCUT2D eigenvalue weighted by molar-refractivity contribution is 0.323. The number of nitrogens with one attached hydrogen (secondary N) is 1. The summed E-state index contributed by atoms with van der Waals surface area (Å²) in [6.07, 6.45) is 2.54. The summed E-state index contributed by atoms with van der Waals surface area (Å²) in [5, 5.41) is 4.57. The molecule has 0 spiro atoms. The molecule has 4 heterocycles. The van der Waals surface area contributed by atoms with E-state index in [2.05, 4.69) is 29.0 Å². The van der Waals surface area contributed by atoms with Gasteiger partial charge in [-0.25, -0.2) is 15.0 Å². The molecule has 1 N–H and O–H groups in total. The molecule has 0 aromatic carbocycles. The van der Waals surface area contributed by atoms with Gasteiger partial charge in [0.25, 0.3) is 0 Å². The zero-order valence-corrected chi connectivity index (χ0v) is 16.7. The minimum Gasteiger partial charge on any atom is -0.444 e. The van der Waals surface area contributed by atoms with Crippen LogP contribution in [0.1, 0.15) is 46.5 Å². The van der Waals surface area contributed by atoms with E-state index in [0.29, 0.717) is 12.4 Å². The van der Waals surface area contributed by atoms with Crippen molar-refractivity contribution in [3.63, 3.8) is 0 Å². The van der Waals surface area contributed by atoms with Gasteiger partial charge in [0.15, 0.2) is 0 Å². The van der Waals surface area contributed by atoms with Gasteiger partial charge in [0.1, 0.15) is 22.2 Å². The standard InChI is InChI=1S/C19H25N5OS/c1-11-14(4)26-19-17(11)18(20-9-16-21-12(2)13(3)25-16)22-15(23-19)10-24-7-5-6-8-24/h5-10H2,1-4H3,(H,20,22,23). The SMILES string of the molecule is Cc1nc(CNc2nc(CN3CCCC3)nc3sc(C)c(C)c23)oc1C. The predicted octanol–water partition coefficient (Wildman–Crippen LogP) is 4.12. The van der Waals surface area contributed by atoms with E-state index < -0.39 is 0 Å². The Morgan fingerprint density at radius 3 is 2.54 bits per heavy atom. The third-order valence-corrected chi connectivity index (χ3v) is 6.22. The van der Waals surface area contributed by atoms with E-state index >= 15 is 0 Å². The fraction of sp³-hybridized carbons (Fsp3) is 0.526. The van der Waals surface area contributed by atoms with Crippen LogP contribution in [0.5, 0.6) is 0 Å². The highest BCUT2D eigenvalue weighted by molar-refractivity contribution is 7.18. The molecule has 0 bridgehead atoms. The van der Waals surface area contributed by atoms with Crippen LogP contribution >= 0.6 is 11.3 Å². The van der Waals surface area contributed by atoms with Crippen LogP contribution in [0.4, 0.5) is 5.82 Å². The maximum Gasteiger partial charge on any atom is 0.213 e. The maximum atomic E-state index is 5.70. The quantitative estimate of drug-likeness (QED) is 0.728. The lowest BCUT2D eigenvalue weighted by Crippen LogP contribution is -2.20. The number of likely N-dealkylation sites (tertiary alicyclic amines) is 1. The topological polar surface area (TPSA) is 67.1 Å². The van der Waals surface area contributed by atoms with Gasteiger partial charge in [-0.1, -0.05) is 0 Å². The van der Waals surface area contributed by atoms with Gasteiger partial charge in [0.05, 0.1) is 24.2 Å². The van der Waals surface area contributed by atoms with Crippen LogP contribution in [0, 0.1) is 27.7 Å². The average molecular weight is 372 g/mol. The summed E-state index contributed by atoms with van der Waals surface area (Å²) < 4.78 is 5.70. The van der Waals surface area contributed by atoms with E-state index in [1.807, 2.05) is 13.8 Å². The smallest absolute Gasteiger partial charge is 0.213 e. The Morgan fingerprint density at radius 1 is 1.08 bits per heavy atom. The summed E-state index contributed by atoms with van der Waals surface area (Å²) in [7, 11) is 0. The fourth-order valence-electron chi connectivity index (χ4n) is 3.41. The van der Waals surface area contributed by atoms with Crippen molar-refractivity contribution in [2.45, 2.75) is 53.6 Å². The molecule has 3 aromatic rings. The van der Waals surface area contributed by atoms with Gasteiger partial charge in [-0.05, 0) is 59.2 Å². The lowest BCUT2D eigenvalue weighted by Gasteiger charge is -2.14. The number of fused-ring (bicyclic) bond motifs is 1. The van der Waals surface area contributed by atoms with Gasteiger partial charge in [0.2, 0.25) is 5.89 Å². The molecule has 1 aliphatic heterocycles. The Morgan fingerprint density at radius 2 is 1.85 bits per heavy atom. The minimum absolute atomic E-state index is 0.526. The molecule has 1 fully saturated rings. The number of oxazole rings is 1. The molecule has 7 heteroatoms. The van der Waals surface area contributed by atoms with E-state index in [9.17, 15) is 0 Å². The minimum atomic E-state index is 0.526. The first-order chi connectivity index (χ1) is 12.5. The molecule has 6 nitrogen and oxygen atoms in total. The lowest BCUT2D eigenvalue weighted by atomic mass is 10.2. The normalized spacial score (nSPS) is 15.2. The molecule has 138 valence electrons. The Balaban J connectivity index is 1.65. The van der Waals surface area contributed by atoms with Gasteiger partial charge >= 0.3 is 0 Å². The van der Waals surface area contributed by atoms with Crippen LogP contribution in [0.15, 0.2) is 4.42 Å². The van der Waals surface area contributed by atoms with Crippen molar-refractivity contribution in [1.29, 1.82) is 0 Å². The Kier molecular flexibility index (Phi) is 4.67. The number of hydrogen-bond donors (Lipinski definition) is 1. The summed E-state index contributed by atoms with van der Waals surface area (Å²) in [5.41, 5.74) is 2.19. The van der Waals surface area contributed by atoms with Gasteiger partial charge in [-0.3, -0.25) is 4.90 Å². The highest BCUT2D eigenvalue weighted by atomic mass is 32.1. The second-order valence-electron chi connectivity index (χ2n) is 7.04. The third kappa shape index (κ3) is 3.33. The molecule has 3 aromatic heterocycles. The number of rotatable bonds is 5. The van der Waals surface area contributed by atoms with Gasteiger partial charge in [-0.2, -0.15) is 0 Å². The van der Waals surface area contributed by atoms with Crippen molar-refractivity contribution in [2.75, 3.05) is 18.4 Å². The summed E-state index contributed by atoms with van der Waals surface area (Å²) in [6, 6.07) is 0. The van der Waals surface area contributed by atoms with Crippen LogP contribution in [0.25, 0.3) is 10.2 Å². The van der Waals surface area contributed by atoms with E-state index in [-0.39, 0.29) is 0 Å². The number of nitrogens with zero attached hydrogens (tertiary/aromatic N) is 4. The molecule has 0 unspecified atom stereocenters. The predicted molar refractivity (Wildman–Crippen MR) is 105 cm³/mol. The molecule has 0 aliphatic carbocycles. The molecular formula is C19H25N5OS. The van der Waals surface area contributed by atoms with E-state index in [1.165, 1.54) is 23.3 Å². The fourth-order valence-corrected chi connectivity index (χ4v) is 4.46. The van der Waals surface area contributed by atoms with Crippen LogP contribution in [-0.2, 0) is 13.1 Å². The molecule has 0 saturated carbocycles. The van der Waals surface area contributed by atoms with Crippen molar-refractivity contribution in [3.8, 4) is 0 Å². The first-order valence-corrected chi connectivity index (χ1v) is 9.98. The third-order valence-electron chi connectivity index (χ3n) is 5.12. The number of thiophene rings is 1. The average Bonchev–Trinajstić information content (AvgIpc) is 3.28.